The van der Waals surface area contributed by atoms with Crippen molar-refractivity contribution in [1.29, 1.82) is 0 Å². The van der Waals surface area contributed by atoms with E-state index in [0.717, 1.165) is 5.69 Å². The number of hydrogen-bond acceptors (Lipinski definition) is 4. The van der Waals surface area contributed by atoms with Crippen LogP contribution in [-0.2, 0) is 11.3 Å². The Morgan fingerprint density at radius 1 is 1.45 bits per heavy atom. The molecule has 1 aromatic rings. The molecule has 0 aromatic carbocycles. The summed E-state index contributed by atoms with van der Waals surface area (Å²) in [6.07, 6.45) is 4.60. The number of urea groups is 1. The summed E-state index contributed by atoms with van der Waals surface area (Å²) < 4.78 is 0. The molecule has 1 aliphatic heterocycles. The number of carboxylic acid groups (broad SMARTS) is 1. The molecule has 20 heavy (non-hydrogen) atoms. The van der Waals surface area contributed by atoms with Gasteiger partial charge in [-0.15, -0.1) is 0 Å². The molecule has 2 rings (SSSR count). The number of nitrogens with zero attached hydrogens (tertiary/aromatic N) is 3. The summed E-state index contributed by atoms with van der Waals surface area (Å²) in [6.45, 7) is 2.99. The minimum Gasteiger partial charge on any atom is -0.481 e. The smallest absolute Gasteiger partial charge is 0.317 e. The molecule has 1 saturated heterocycles. The van der Waals surface area contributed by atoms with Crippen LogP contribution in [0.1, 0.15) is 24.2 Å². The van der Waals surface area contributed by atoms with Crippen molar-refractivity contribution in [2.45, 2.75) is 26.3 Å². The van der Waals surface area contributed by atoms with Crippen LogP contribution in [0.3, 0.4) is 0 Å². The summed E-state index contributed by atoms with van der Waals surface area (Å²) in [4.78, 5) is 32.7. The molecule has 1 fully saturated rings. The number of aryl methyl sites for hydroxylation is 1. The van der Waals surface area contributed by atoms with E-state index >= 15 is 0 Å². The van der Waals surface area contributed by atoms with E-state index in [-0.39, 0.29) is 12.6 Å². The Morgan fingerprint density at radius 3 is 2.90 bits per heavy atom. The molecular weight excluding hydrogens is 260 g/mol. The molecule has 108 valence electrons. The number of hydrogen-bond donors (Lipinski definition) is 2. The van der Waals surface area contributed by atoms with E-state index in [1.54, 1.807) is 17.3 Å². The number of piperidine rings is 1. The summed E-state index contributed by atoms with van der Waals surface area (Å²) in [5, 5.41) is 11.7. The van der Waals surface area contributed by atoms with Crippen molar-refractivity contribution < 1.29 is 14.7 Å². The van der Waals surface area contributed by atoms with Crippen LogP contribution < -0.4 is 5.32 Å². The molecule has 2 amide bonds. The van der Waals surface area contributed by atoms with Crippen molar-refractivity contribution in [2.75, 3.05) is 13.1 Å². The van der Waals surface area contributed by atoms with Crippen LogP contribution in [0.2, 0.25) is 0 Å². The van der Waals surface area contributed by atoms with E-state index in [0.29, 0.717) is 31.6 Å². The second kappa shape index (κ2) is 6.31. The summed E-state index contributed by atoms with van der Waals surface area (Å²) in [5.74, 6) is -1.31. The van der Waals surface area contributed by atoms with Gasteiger partial charge in [-0.3, -0.25) is 14.8 Å². The van der Waals surface area contributed by atoms with Crippen molar-refractivity contribution in [2.24, 2.45) is 5.92 Å². The highest BCUT2D eigenvalue weighted by Crippen LogP contribution is 2.16. The third-order valence-corrected chi connectivity index (χ3v) is 3.31. The largest absolute Gasteiger partial charge is 0.481 e. The second-order valence-electron chi connectivity index (χ2n) is 4.93. The van der Waals surface area contributed by atoms with Gasteiger partial charge in [0, 0.05) is 19.3 Å². The SMILES string of the molecule is Cc1cnc(CNC(=O)N2CCCC(C(=O)O)C2)cn1. The van der Waals surface area contributed by atoms with Gasteiger partial charge in [-0.25, -0.2) is 4.79 Å². The highest BCUT2D eigenvalue weighted by atomic mass is 16.4. The number of carbonyl (C=O) groups excluding carboxylic acids is 1. The first kappa shape index (κ1) is 14.2. The highest BCUT2D eigenvalue weighted by molar-refractivity contribution is 5.76. The maximum Gasteiger partial charge on any atom is 0.317 e. The van der Waals surface area contributed by atoms with Crippen LogP contribution in [0.15, 0.2) is 12.4 Å². The first-order valence-electron chi connectivity index (χ1n) is 6.59. The molecule has 7 heteroatoms. The van der Waals surface area contributed by atoms with Gasteiger partial charge in [0.1, 0.15) is 0 Å². The van der Waals surface area contributed by atoms with E-state index in [1.165, 1.54) is 0 Å². The zero-order valence-electron chi connectivity index (χ0n) is 11.4. The van der Waals surface area contributed by atoms with E-state index in [4.69, 9.17) is 5.11 Å². The normalized spacial score (nSPS) is 18.6. The number of likely N-dealkylation sites (tertiary alicyclic amines) is 1. The van der Waals surface area contributed by atoms with Crippen LogP contribution in [-0.4, -0.2) is 45.1 Å². The number of carboxylic acids is 1. The van der Waals surface area contributed by atoms with Crippen LogP contribution >= 0.6 is 0 Å². The van der Waals surface area contributed by atoms with Gasteiger partial charge < -0.3 is 15.3 Å². The molecule has 2 N–H and O–H groups in total. The third kappa shape index (κ3) is 3.66. The lowest BCUT2D eigenvalue weighted by atomic mass is 9.99. The Bertz CT molecular complexity index is 489. The quantitative estimate of drug-likeness (QED) is 0.852. The molecule has 0 spiro atoms. The fourth-order valence-electron chi connectivity index (χ4n) is 2.15. The van der Waals surface area contributed by atoms with Gasteiger partial charge in [-0.2, -0.15) is 0 Å². The van der Waals surface area contributed by atoms with Crippen molar-refractivity contribution in [3.63, 3.8) is 0 Å². The number of aliphatic carboxylic acids is 1. The third-order valence-electron chi connectivity index (χ3n) is 3.31. The van der Waals surface area contributed by atoms with Crippen LogP contribution in [0.25, 0.3) is 0 Å². The Balaban J connectivity index is 1.85. The minimum atomic E-state index is -0.841. The lowest BCUT2D eigenvalue weighted by Gasteiger charge is -2.30. The van der Waals surface area contributed by atoms with Gasteiger partial charge in [0.25, 0.3) is 0 Å². The second-order valence-corrected chi connectivity index (χ2v) is 4.93. The highest BCUT2D eigenvalue weighted by Gasteiger charge is 2.27. The summed E-state index contributed by atoms with van der Waals surface area (Å²) in [6, 6.07) is -0.252. The van der Waals surface area contributed by atoms with Gasteiger partial charge >= 0.3 is 12.0 Å². The predicted octanol–water partition coefficient (Wildman–Crippen LogP) is 0.791. The molecule has 1 unspecified atom stereocenters. The molecule has 7 nitrogen and oxygen atoms in total. The number of nitrogens with one attached hydrogen (secondary N) is 1. The number of rotatable bonds is 3. The topological polar surface area (TPSA) is 95.4 Å². The number of amides is 2. The Labute approximate surface area is 117 Å². The molecule has 0 saturated carbocycles. The van der Waals surface area contributed by atoms with Crippen molar-refractivity contribution >= 4 is 12.0 Å². The zero-order chi connectivity index (χ0) is 14.5. The molecule has 2 heterocycles. The minimum absolute atomic E-state index is 0.252. The molecule has 1 atom stereocenters. The molecule has 0 bridgehead atoms. The van der Waals surface area contributed by atoms with E-state index in [2.05, 4.69) is 15.3 Å². The first-order valence-corrected chi connectivity index (χ1v) is 6.59. The molecule has 0 aliphatic carbocycles. The van der Waals surface area contributed by atoms with Crippen LogP contribution in [0, 0.1) is 12.8 Å². The van der Waals surface area contributed by atoms with E-state index < -0.39 is 11.9 Å². The van der Waals surface area contributed by atoms with Gasteiger partial charge in [-0.05, 0) is 19.8 Å². The maximum absolute atomic E-state index is 12.0. The Kier molecular flexibility index (Phi) is 4.49. The Hall–Kier alpha value is -2.18. The van der Waals surface area contributed by atoms with Gasteiger partial charge in [0.15, 0.2) is 0 Å². The monoisotopic (exact) mass is 278 g/mol. The molecule has 1 aliphatic rings. The first-order chi connectivity index (χ1) is 9.56. The predicted molar refractivity (Wildman–Crippen MR) is 70.9 cm³/mol. The lowest BCUT2D eigenvalue weighted by molar-refractivity contribution is -0.143. The molecule has 0 radical (unpaired) electrons. The summed E-state index contributed by atoms with van der Waals surface area (Å²) >= 11 is 0. The van der Waals surface area contributed by atoms with Crippen molar-refractivity contribution in [3.8, 4) is 0 Å². The van der Waals surface area contributed by atoms with Crippen molar-refractivity contribution in [3.05, 3.63) is 23.8 Å². The van der Waals surface area contributed by atoms with Crippen molar-refractivity contribution in [1.82, 2.24) is 20.2 Å². The van der Waals surface area contributed by atoms with E-state index in [1.807, 2.05) is 6.92 Å². The van der Waals surface area contributed by atoms with Gasteiger partial charge in [0.2, 0.25) is 0 Å². The van der Waals surface area contributed by atoms with Crippen LogP contribution in [0.4, 0.5) is 4.79 Å². The molecule has 1 aromatic heterocycles. The summed E-state index contributed by atoms with van der Waals surface area (Å²) in [5.41, 5.74) is 1.50. The fraction of sp³-hybridized carbons (Fsp3) is 0.538. The zero-order valence-corrected chi connectivity index (χ0v) is 11.4. The standard InChI is InChI=1S/C13H18N4O3/c1-9-5-15-11(6-14-9)7-16-13(20)17-4-2-3-10(8-17)12(18)19/h5-6,10H,2-4,7-8H2,1H3,(H,16,20)(H,18,19). The maximum atomic E-state index is 12.0. The number of aromatic nitrogens is 2. The molecular formula is C13H18N4O3. The van der Waals surface area contributed by atoms with Gasteiger partial charge in [-0.1, -0.05) is 0 Å². The van der Waals surface area contributed by atoms with E-state index in [9.17, 15) is 9.59 Å². The van der Waals surface area contributed by atoms with Gasteiger partial charge in [0.05, 0.1) is 30.0 Å². The average Bonchev–Trinajstić information content (AvgIpc) is 2.46. The lowest BCUT2D eigenvalue weighted by Crippen LogP contribution is -2.46. The Morgan fingerprint density at radius 2 is 2.25 bits per heavy atom. The van der Waals surface area contributed by atoms with Crippen LogP contribution in [0.5, 0.6) is 0 Å². The average molecular weight is 278 g/mol. The summed E-state index contributed by atoms with van der Waals surface area (Å²) in [7, 11) is 0. The number of carbonyl (C=O) groups is 2. The fourth-order valence-corrected chi connectivity index (χ4v) is 2.15.